The summed E-state index contributed by atoms with van der Waals surface area (Å²) in [5, 5.41) is -0.0652. The molecular formula is C10H10ClF. The number of rotatable bonds is 2. The van der Waals surface area contributed by atoms with Crippen LogP contribution in [0.15, 0.2) is 30.3 Å². The smallest absolute Gasteiger partial charge is 0.130 e. The minimum absolute atomic E-state index is 0.0652. The van der Waals surface area contributed by atoms with Crippen molar-refractivity contribution in [3.8, 4) is 0 Å². The first kappa shape index (κ1) is 9.27. The Labute approximate surface area is 76.7 Å². The molecule has 0 aliphatic carbocycles. The average molecular weight is 185 g/mol. The maximum atomic E-state index is 12.9. The third-order valence-corrected chi connectivity index (χ3v) is 1.59. The second kappa shape index (κ2) is 4.27. The van der Waals surface area contributed by atoms with Gasteiger partial charge in [0.05, 0.1) is 0 Å². The summed E-state index contributed by atoms with van der Waals surface area (Å²) >= 11 is 5.67. The van der Waals surface area contributed by atoms with Crippen LogP contribution in [0.4, 0.5) is 4.39 Å². The zero-order valence-corrected chi connectivity index (χ0v) is 7.55. The van der Waals surface area contributed by atoms with E-state index in [0.29, 0.717) is 5.56 Å². The maximum Gasteiger partial charge on any atom is 0.130 e. The summed E-state index contributed by atoms with van der Waals surface area (Å²) in [6.07, 6.45) is 3.44. The van der Waals surface area contributed by atoms with E-state index in [1.807, 2.05) is 6.92 Å². The summed E-state index contributed by atoms with van der Waals surface area (Å²) in [6.45, 7) is 1.83. The Balaban J connectivity index is 2.82. The first-order valence-corrected chi connectivity index (χ1v) is 4.20. The molecule has 0 nitrogen and oxygen atoms in total. The molecule has 0 fully saturated rings. The lowest BCUT2D eigenvalue weighted by Gasteiger charge is -1.95. The third kappa shape index (κ3) is 2.67. The van der Waals surface area contributed by atoms with E-state index in [1.165, 1.54) is 6.07 Å². The van der Waals surface area contributed by atoms with Crippen molar-refractivity contribution in [2.75, 3.05) is 0 Å². The molecule has 1 rings (SSSR count). The van der Waals surface area contributed by atoms with Crippen molar-refractivity contribution in [1.29, 1.82) is 0 Å². The van der Waals surface area contributed by atoms with Crippen LogP contribution in [-0.4, -0.2) is 5.38 Å². The molecule has 0 aliphatic heterocycles. The molecule has 12 heavy (non-hydrogen) atoms. The Kier molecular flexibility index (Phi) is 3.30. The summed E-state index contributed by atoms with van der Waals surface area (Å²) in [5.74, 6) is -0.217. The van der Waals surface area contributed by atoms with Gasteiger partial charge in [0, 0.05) is 10.9 Å². The largest absolute Gasteiger partial charge is 0.206 e. The fraction of sp³-hybridized carbons (Fsp3) is 0.200. The van der Waals surface area contributed by atoms with Gasteiger partial charge in [-0.1, -0.05) is 30.4 Å². The number of benzene rings is 1. The highest BCUT2D eigenvalue weighted by atomic mass is 35.5. The molecule has 0 spiro atoms. The van der Waals surface area contributed by atoms with Gasteiger partial charge in [0.25, 0.3) is 0 Å². The van der Waals surface area contributed by atoms with Gasteiger partial charge in [-0.3, -0.25) is 0 Å². The predicted octanol–water partition coefficient (Wildman–Crippen LogP) is 3.47. The van der Waals surface area contributed by atoms with Crippen molar-refractivity contribution >= 4 is 17.7 Å². The van der Waals surface area contributed by atoms with Crippen LogP contribution in [0.25, 0.3) is 6.08 Å². The Bertz CT molecular complexity index is 279. The van der Waals surface area contributed by atoms with Crippen LogP contribution in [0.2, 0.25) is 0 Å². The van der Waals surface area contributed by atoms with Gasteiger partial charge in [0.2, 0.25) is 0 Å². The lowest BCUT2D eigenvalue weighted by atomic mass is 10.2. The van der Waals surface area contributed by atoms with E-state index in [9.17, 15) is 4.39 Å². The zero-order valence-electron chi connectivity index (χ0n) is 6.80. The van der Waals surface area contributed by atoms with Crippen molar-refractivity contribution in [2.45, 2.75) is 12.3 Å². The molecule has 64 valence electrons. The minimum Gasteiger partial charge on any atom is -0.206 e. The number of hydrogen-bond donors (Lipinski definition) is 0. The molecule has 2 heteroatoms. The van der Waals surface area contributed by atoms with Gasteiger partial charge < -0.3 is 0 Å². The summed E-state index contributed by atoms with van der Waals surface area (Å²) < 4.78 is 12.9. The first-order valence-electron chi connectivity index (χ1n) is 3.77. The fourth-order valence-electron chi connectivity index (χ4n) is 0.847. The number of alkyl halides is 1. The molecule has 0 heterocycles. The lowest BCUT2D eigenvalue weighted by molar-refractivity contribution is 0.625. The highest BCUT2D eigenvalue weighted by Gasteiger charge is 1.95. The standard InChI is InChI=1S/C10H10ClF/c1-8(11)6-7-9-4-2-3-5-10(9)12/h2-8H,1H3/b7-6+. The van der Waals surface area contributed by atoms with E-state index in [0.717, 1.165) is 0 Å². The fourth-order valence-corrected chi connectivity index (χ4v) is 0.919. The molecule has 0 bridgehead atoms. The zero-order chi connectivity index (χ0) is 8.97. The molecule has 0 aliphatic rings. The van der Waals surface area contributed by atoms with E-state index in [4.69, 9.17) is 11.6 Å². The predicted molar refractivity (Wildman–Crippen MR) is 50.7 cm³/mol. The van der Waals surface area contributed by atoms with Crippen LogP contribution in [-0.2, 0) is 0 Å². The van der Waals surface area contributed by atoms with Crippen molar-refractivity contribution in [3.05, 3.63) is 41.7 Å². The van der Waals surface area contributed by atoms with Crippen molar-refractivity contribution < 1.29 is 4.39 Å². The van der Waals surface area contributed by atoms with Crippen LogP contribution >= 0.6 is 11.6 Å². The summed E-state index contributed by atoms with van der Waals surface area (Å²) in [7, 11) is 0. The van der Waals surface area contributed by atoms with Crippen LogP contribution in [0.3, 0.4) is 0 Å². The van der Waals surface area contributed by atoms with E-state index in [-0.39, 0.29) is 11.2 Å². The number of allylic oxidation sites excluding steroid dienone is 1. The number of hydrogen-bond acceptors (Lipinski definition) is 0. The van der Waals surface area contributed by atoms with Crippen molar-refractivity contribution in [3.63, 3.8) is 0 Å². The SMILES string of the molecule is CC(Cl)/C=C/c1ccccc1F. The summed E-state index contributed by atoms with van der Waals surface area (Å²) in [4.78, 5) is 0. The van der Waals surface area contributed by atoms with E-state index >= 15 is 0 Å². The minimum atomic E-state index is -0.217. The Morgan fingerprint density at radius 3 is 2.67 bits per heavy atom. The van der Waals surface area contributed by atoms with Crippen LogP contribution in [0.5, 0.6) is 0 Å². The maximum absolute atomic E-state index is 12.9. The van der Waals surface area contributed by atoms with Gasteiger partial charge in [-0.25, -0.2) is 4.39 Å². The van der Waals surface area contributed by atoms with Crippen molar-refractivity contribution in [2.24, 2.45) is 0 Å². The second-order valence-corrected chi connectivity index (χ2v) is 3.25. The van der Waals surface area contributed by atoms with Gasteiger partial charge in [-0.05, 0) is 13.0 Å². The van der Waals surface area contributed by atoms with E-state index < -0.39 is 0 Å². The summed E-state index contributed by atoms with van der Waals surface area (Å²) in [5.41, 5.74) is 0.574. The van der Waals surface area contributed by atoms with Gasteiger partial charge in [0.15, 0.2) is 0 Å². The Morgan fingerprint density at radius 1 is 1.42 bits per heavy atom. The highest BCUT2D eigenvalue weighted by molar-refractivity contribution is 6.21. The Hall–Kier alpha value is -0.820. The molecule has 0 N–H and O–H groups in total. The van der Waals surface area contributed by atoms with E-state index in [1.54, 1.807) is 30.4 Å². The first-order chi connectivity index (χ1) is 5.70. The molecule has 0 amide bonds. The summed E-state index contributed by atoms with van der Waals surface area (Å²) in [6, 6.07) is 6.60. The molecule has 1 atom stereocenters. The normalized spacial score (nSPS) is 13.6. The molecule has 0 aromatic heterocycles. The van der Waals surface area contributed by atoms with Gasteiger partial charge in [-0.15, -0.1) is 11.6 Å². The second-order valence-electron chi connectivity index (χ2n) is 2.56. The molecule has 1 aromatic carbocycles. The Morgan fingerprint density at radius 2 is 2.08 bits per heavy atom. The highest BCUT2D eigenvalue weighted by Crippen LogP contribution is 2.09. The van der Waals surface area contributed by atoms with E-state index in [2.05, 4.69) is 0 Å². The molecular weight excluding hydrogens is 175 g/mol. The van der Waals surface area contributed by atoms with Gasteiger partial charge in [0.1, 0.15) is 5.82 Å². The third-order valence-electron chi connectivity index (χ3n) is 1.45. The van der Waals surface area contributed by atoms with Gasteiger partial charge >= 0.3 is 0 Å². The topological polar surface area (TPSA) is 0 Å². The molecule has 1 aromatic rings. The molecule has 1 unspecified atom stereocenters. The average Bonchev–Trinajstić information content (AvgIpc) is 2.03. The monoisotopic (exact) mass is 184 g/mol. The molecule has 0 saturated carbocycles. The van der Waals surface area contributed by atoms with Crippen molar-refractivity contribution in [1.82, 2.24) is 0 Å². The van der Waals surface area contributed by atoms with Gasteiger partial charge in [-0.2, -0.15) is 0 Å². The number of halogens is 2. The van der Waals surface area contributed by atoms with Crippen LogP contribution in [0, 0.1) is 5.82 Å². The quantitative estimate of drug-likeness (QED) is 0.618. The molecule has 0 saturated heterocycles. The van der Waals surface area contributed by atoms with Crippen LogP contribution in [0.1, 0.15) is 12.5 Å². The molecule has 0 radical (unpaired) electrons. The van der Waals surface area contributed by atoms with Crippen LogP contribution < -0.4 is 0 Å². The lowest BCUT2D eigenvalue weighted by Crippen LogP contribution is -1.83.